The maximum absolute atomic E-state index is 8.60. The summed E-state index contributed by atoms with van der Waals surface area (Å²) in [4.78, 5) is 0. The molecule has 0 aliphatic carbocycles. The van der Waals surface area contributed by atoms with Crippen LogP contribution in [-0.2, 0) is 0 Å². The van der Waals surface area contributed by atoms with E-state index in [1.807, 2.05) is 0 Å². The van der Waals surface area contributed by atoms with Crippen LogP contribution >= 0.6 is 0 Å². The van der Waals surface area contributed by atoms with Crippen molar-refractivity contribution in [3.8, 4) is 24.2 Å². The van der Waals surface area contributed by atoms with E-state index in [0.29, 0.717) is 0 Å². The quantitative estimate of drug-likeness (QED) is 0.373. The third kappa shape index (κ3) is 3.03. The number of terminal acetylenes is 1. The molecule has 0 aromatic heterocycles. The van der Waals surface area contributed by atoms with Crippen molar-refractivity contribution in [2.75, 3.05) is 0 Å². The summed E-state index contributed by atoms with van der Waals surface area (Å²) in [6.07, 6.45) is 5.29. The van der Waals surface area contributed by atoms with E-state index in [0.717, 1.165) is 0 Å². The van der Waals surface area contributed by atoms with Crippen LogP contribution in [0.25, 0.3) is 0 Å². The van der Waals surface area contributed by atoms with Gasteiger partial charge in [-0.05, 0) is 11.8 Å². The molecule has 1 N–H and O–H groups in total. The Morgan fingerprint density at radius 1 is 1.75 bits per heavy atom. The summed E-state index contributed by atoms with van der Waals surface area (Å²) >= 11 is 0. The fourth-order valence-electron chi connectivity index (χ4n) is 0.175. The van der Waals surface area contributed by atoms with Crippen molar-refractivity contribution in [2.24, 2.45) is 0 Å². The van der Waals surface area contributed by atoms with Crippen molar-refractivity contribution in [1.82, 2.24) is 0 Å². The lowest BCUT2D eigenvalue weighted by atomic mass is 10.3. The van der Waals surface area contributed by atoms with Crippen molar-refractivity contribution in [2.45, 2.75) is 6.10 Å². The van der Waals surface area contributed by atoms with Gasteiger partial charge in [0.05, 0.1) is 0 Å². The van der Waals surface area contributed by atoms with Gasteiger partial charge >= 0.3 is 0 Å². The highest BCUT2D eigenvalue weighted by Crippen LogP contribution is 1.76. The molecule has 1 atom stereocenters. The largest absolute Gasteiger partial charge is 0.377 e. The molecule has 0 unspecified atom stereocenters. The average Bonchev–Trinajstić information content (AvgIpc) is 1.83. The van der Waals surface area contributed by atoms with Crippen LogP contribution in [0.2, 0.25) is 0 Å². The zero-order valence-electron chi connectivity index (χ0n) is 4.39. The monoisotopic (exact) mass is 106 g/mol. The van der Waals surface area contributed by atoms with Gasteiger partial charge in [0.2, 0.25) is 0 Å². The van der Waals surface area contributed by atoms with Gasteiger partial charge in [-0.15, -0.1) is 6.42 Å². The van der Waals surface area contributed by atoms with E-state index in [-0.39, 0.29) is 0 Å². The molecule has 0 saturated heterocycles. The van der Waals surface area contributed by atoms with Crippen molar-refractivity contribution in [1.29, 1.82) is 0 Å². The van der Waals surface area contributed by atoms with E-state index in [9.17, 15) is 0 Å². The summed E-state index contributed by atoms with van der Waals surface area (Å²) in [5.74, 6) is 6.65. The van der Waals surface area contributed by atoms with Crippen LogP contribution in [0.5, 0.6) is 0 Å². The molecule has 0 aromatic rings. The van der Waals surface area contributed by atoms with Gasteiger partial charge in [-0.25, -0.2) is 0 Å². The molecule has 1 heteroatoms. The van der Waals surface area contributed by atoms with Crippen LogP contribution in [0.3, 0.4) is 0 Å². The first-order valence-electron chi connectivity index (χ1n) is 2.08. The molecule has 0 fully saturated rings. The van der Waals surface area contributed by atoms with E-state index < -0.39 is 6.10 Å². The predicted octanol–water partition coefficient (Wildman–Crippen LogP) is 0.170. The minimum absolute atomic E-state index is 0.786. The Bertz CT molecular complexity index is 163. The zero-order chi connectivity index (χ0) is 6.41. The second-order valence-corrected chi connectivity index (χ2v) is 1.09. The molecule has 0 bridgehead atoms. The number of hydrogen-bond donors (Lipinski definition) is 1. The molecule has 1 nitrogen and oxygen atoms in total. The van der Waals surface area contributed by atoms with Crippen LogP contribution in [0, 0.1) is 24.2 Å². The summed E-state index contributed by atoms with van der Waals surface area (Å²) in [6, 6.07) is 0. The lowest BCUT2D eigenvalue weighted by Gasteiger charge is -1.85. The summed E-state index contributed by atoms with van der Waals surface area (Å²) in [6.45, 7) is 3.29. The lowest BCUT2D eigenvalue weighted by molar-refractivity contribution is 0.281. The smallest absolute Gasteiger partial charge is 0.134 e. The fraction of sp³-hybridized carbons (Fsp3) is 0.143. The van der Waals surface area contributed by atoms with Crippen molar-refractivity contribution < 1.29 is 5.11 Å². The second kappa shape index (κ2) is 3.99. The molecule has 0 heterocycles. The SMILES string of the molecule is C#CC#C[C@H](O)C=C. The molecule has 0 rings (SSSR count). The summed E-state index contributed by atoms with van der Waals surface area (Å²) in [5.41, 5.74) is 0. The van der Waals surface area contributed by atoms with Gasteiger partial charge in [0.15, 0.2) is 0 Å². The Labute approximate surface area is 49.0 Å². The molecular weight excluding hydrogens is 100 g/mol. The van der Waals surface area contributed by atoms with Crippen LogP contribution in [0.4, 0.5) is 0 Å². The molecule has 0 saturated carbocycles. The predicted molar refractivity (Wildman–Crippen MR) is 32.8 cm³/mol. The number of aliphatic hydroxyl groups excluding tert-OH is 1. The molecule has 0 radical (unpaired) electrons. The fourth-order valence-corrected chi connectivity index (χ4v) is 0.175. The third-order valence-corrected chi connectivity index (χ3v) is 0.515. The standard InChI is InChI=1S/C7H6O/c1-3-5-6-7(8)4-2/h1,4,7-8H,2H2/t7-/m1/s1. The topological polar surface area (TPSA) is 20.2 Å². The van der Waals surface area contributed by atoms with E-state index in [4.69, 9.17) is 11.5 Å². The van der Waals surface area contributed by atoms with Crippen LogP contribution in [0.15, 0.2) is 12.7 Å². The highest BCUT2D eigenvalue weighted by Gasteiger charge is 1.83. The van der Waals surface area contributed by atoms with Gasteiger partial charge < -0.3 is 5.11 Å². The first kappa shape index (κ1) is 6.82. The maximum atomic E-state index is 8.60. The summed E-state index contributed by atoms with van der Waals surface area (Å²) < 4.78 is 0. The third-order valence-electron chi connectivity index (χ3n) is 0.515. The van der Waals surface area contributed by atoms with Crippen molar-refractivity contribution >= 4 is 0 Å². The van der Waals surface area contributed by atoms with Crippen molar-refractivity contribution in [3.63, 3.8) is 0 Å². The molecule has 0 spiro atoms. The highest BCUT2D eigenvalue weighted by molar-refractivity contribution is 5.25. The first-order valence-corrected chi connectivity index (χ1v) is 2.08. The molecule has 0 amide bonds. The minimum Gasteiger partial charge on any atom is -0.377 e. The average molecular weight is 106 g/mol. The van der Waals surface area contributed by atoms with Gasteiger partial charge in [0, 0.05) is 0 Å². The Kier molecular flexibility index (Phi) is 3.40. The van der Waals surface area contributed by atoms with Gasteiger partial charge in [-0.1, -0.05) is 18.6 Å². The van der Waals surface area contributed by atoms with Gasteiger partial charge in [0.1, 0.15) is 6.10 Å². The second-order valence-electron chi connectivity index (χ2n) is 1.09. The number of aliphatic hydroxyl groups is 1. The Morgan fingerprint density at radius 3 is 2.75 bits per heavy atom. The minimum atomic E-state index is -0.786. The molecular formula is C7H6O. The van der Waals surface area contributed by atoms with Gasteiger partial charge in [-0.3, -0.25) is 0 Å². The Hall–Kier alpha value is -1.18. The Balaban J connectivity index is 3.72. The van der Waals surface area contributed by atoms with E-state index >= 15 is 0 Å². The number of hydrogen-bond acceptors (Lipinski definition) is 1. The van der Waals surface area contributed by atoms with E-state index in [1.165, 1.54) is 6.08 Å². The molecule has 8 heavy (non-hydrogen) atoms. The van der Waals surface area contributed by atoms with Gasteiger partial charge in [-0.2, -0.15) is 0 Å². The first-order chi connectivity index (χ1) is 3.81. The molecule has 40 valence electrons. The van der Waals surface area contributed by atoms with Crippen LogP contribution in [-0.4, -0.2) is 11.2 Å². The zero-order valence-corrected chi connectivity index (χ0v) is 4.39. The molecule has 0 aromatic carbocycles. The summed E-state index contributed by atoms with van der Waals surface area (Å²) in [7, 11) is 0. The van der Waals surface area contributed by atoms with Crippen molar-refractivity contribution in [3.05, 3.63) is 12.7 Å². The van der Waals surface area contributed by atoms with Crippen LogP contribution < -0.4 is 0 Å². The Morgan fingerprint density at radius 2 is 2.38 bits per heavy atom. The maximum Gasteiger partial charge on any atom is 0.134 e. The highest BCUT2D eigenvalue weighted by atomic mass is 16.3. The van der Waals surface area contributed by atoms with E-state index in [1.54, 1.807) is 0 Å². The molecule has 0 aliphatic rings. The lowest BCUT2D eigenvalue weighted by Crippen LogP contribution is -1.94. The normalized spacial score (nSPS) is 10.0. The summed E-state index contributed by atoms with van der Waals surface area (Å²) in [5, 5.41) is 8.60. The number of rotatable bonds is 1. The van der Waals surface area contributed by atoms with Gasteiger partial charge in [0.25, 0.3) is 0 Å². The molecule has 0 aliphatic heterocycles. The van der Waals surface area contributed by atoms with E-state index in [2.05, 4.69) is 24.3 Å². The van der Waals surface area contributed by atoms with Crippen LogP contribution in [0.1, 0.15) is 0 Å².